The molecule has 19 heteroatoms. The molecule has 0 aromatic heterocycles. The number of esters is 4. The number of rotatable bonds is 75. The number of unbranched alkanes of at least 4 members (excludes halogenated alkanes) is 39. The summed E-state index contributed by atoms with van der Waals surface area (Å²) in [4.78, 5) is 72.9. The molecular formula is C78H152O17P2. The van der Waals surface area contributed by atoms with Crippen molar-refractivity contribution >= 4 is 39.5 Å². The molecule has 576 valence electrons. The topological polar surface area (TPSA) is 237 Å². The van der Waals surface area contributed by atoms with Crippen LogP contribution in [0.3, 0.4) is 0 Å². The van der Waals surface area contributed by atoms with Gasteiger partial charge in [-0.15, -0.1) is 0 Å². The smallest absolute Gasteiger partial charge is 0.462 e. The van der Waals surface area contributed by atoms with E-state index in [4.69, 9.17) is 37.0 Å². The summed E-state index contributed by atoms with van der Waals surface area (Å²) in [6.07, 6.45) is 52.7. The average Bonchev–Trinajstić information content (AvgIpc) is 0.960. The van der Waals surface area contributed by atoms with E-state index in [-0.39, 0.29) is 25.7 Å². The Hall–Kier alpha value is -1.94. The fourth-order valence-corrected chi connectivity index (χ4v) is 13.4. The van der Waals surface area contributed by atoms with E-state index in [1.807, 2.05) is 0 Å². The Morgan fingerprint density at radius 1 is 0.289 bits per heavy atom. The monoisotopic (exact) mass is 1420 g/mol. The number of carbonyl (C=O) groups is 4. The second-order valence-electron chi connectivity index (χ2n) is 29.5. The third-order valence-corrected chi connectivity index (χ3v) is 20.7. The Labute approximate surface area is 594 Å². The van der Waals surface area contributed by atoms with Crippen LogP contribution in [0.2, 0.25) is 0 Å². The van der Waals surface area contributed by atoms with Crippen molar-refractivity contribution in [1.82, 2.24) is 0 Å². The first-order valence-corrected chi connectivity index (χ1v) is 43.3. The molecule has 3 N–H and O–H groups in total. The Morgan fingerprint density at radius 2 is 0.495 bits per heavy atom. The maximum Gasteiger partial charge on any atom is 0.472 e. The van der Waals surface area contributed by atoms with Gasteiger partial charge >= 0.3 is 39.5 Å². The highest BCUT2D eigenvalue weighted by Crippen LogP contribution is 2.45. The van der Waals surface area contributed by atoms with E-state index in [0.29, 0.717) is 31.6 Å². The molecule has 97 heavy (non-hydrogen) atoms. The largest absolute Gasteiger partial charge is 0.472 e. The zero-order chi connectivity index (χ0) is 71.7. The molecule has 5 unspecified atom stereocenters. The number of phosphoric ester groups is 2. The molecule has 7 atom stereocenters. The molecule has 0 aliphatic carbocycles. The van der Waals surface area contributed by atoms with E-state index in [2.05, 4.69) is 55.4 Å². The first-order valence-electron chi connectivity index (χ1n) is 40.3. The highest BCUT2D eigenvalue weighted by molar-refractivity contribution is 7.47. The molecule has 0 aromatic rings. The highest BCUT2D eigenvalue weighted by atomic mass is 31.2. The first-order chi connectivity index (χ1) is 46.7. The number of carbonyl (C=O) groups excluding carboxylic acids is 4. The van der Waals surface area contributed by atoms with Crippen molar-refractivity contribution in [3.63, 3.8) is 0 Å². The maximum atomic E-state index is 13.1. The van der Waals surface area contributed by atoms with Crippen LogP contribution in [0.15, 0.2) is 0 Å². The van der Waals surface area contributed by atoms with Gasteiger partial charge in [-0.3, -0.25) is 37.3 Å². The van der Waals surface area contributed by atoms with E-state index in [0.717, 1.165) is 114 Å². The van der Waals surface area contributed by atoms with Gasteiger partial charge in [0.2, 0.25) is 0 Å². The Kier molecular flexibility index (Phi) is 65.9. The molecular weight excluding hydrogens is 1270 g/mol. The zero-order valence-corrected chi connectivity index (χ0v) is 65.5. The molecule has 0 radical (unpaired) electrons. The van der Waals surface area contributed by atoms with E-state index in [1.54, 1.807) is 0 Å². The van der Waals surface area contributed by atoms with Gasteiger partial charge in [-0.1, -0.05) is 344 Å². The average molecular weight is 1420 g/mol. The van der Waals surface area contributed by atoms with Crippen molar-refractivity contribution in [3.05, 3.63) is 0 Å². The van der Waals surface area contributed by atoms with Crippen molar-refractivity contribution in [3.8, 4) is 0 Å². The summed E-state index contributed by atoms with van der Waals surface area (Å²) >= 11 is 0. The van der Waals surface area contributed by atoms with Gasteiger partial charge in [-0.05, 0) is 49.4 Å². The number of aliphatic hydroxyl groups excluding tert-OH is 1. The molecule has 0 spiro atoms. The predicted molar refractivity (Wildman–Crippen MR) is 395 cm³/mol. The van der Waals surface area contributed by atoms with Gasteiger partial charge in [-0.2, -0.15) is 0 Å². The number of aliphatic hydroxyl groups is 1. The molecule has 0 aliphatic rings. The third-order valence-electron chi connectivity index (χ3n) is 18.8. The van der Waals surface area contributed by atoms with Crippen LogP contribution in [-0.2, 0) is 65.4 Å². The number of phosphoric acid groups is 2. The highest BCUT2D eigenvalue weighted by Gasteiger charge is 2.30. The summed E-state index contributed by atoms with van der Waals surface area (Å²) in [5, 5.41) is 10.6. The Morgan fingerprint density at radius 3 is 0.732 bits per heavy atom. The minimum atomic E-state index is -4.96. The molecule has 0 heterocycles. The van der Waals surface area contributed by atoms with Crippen LogP contribution < -0.4 is 0 Å². The quantitative estimate of drug-likeness (QED) is 0.0222. The normalized spacial score (nSPS) is 14.6. The summed E-state index contributed by atoms with van der Waals surface area (Å²) in [5.41, 5.74) is 0. The molecule has 0 rings (SSSR count). The van der Waals surface area contributed by atoms with Crippen LogP contribution in [0.1, 0.15) is 396 Å². The second-order valence-corrected chi connectivity index (χ2v) is 32.4. The number of hydrogen-bond donors (Lipinski definition) is 3. The molecule has 0 fully saturated rings. The van der Waals surface area contributed by atoms with Crippen LogP contribution >= 0.6 is 15.6 Å². The Balaban J connectivity index is 5.24. The molecule has 0 saturated heterocycles. The van der Waals surface area contributed by atoms with Gasteiger partial charge in [0.1, 0.15) is 19.3 Å². The molecule has 0 aromatic carbocycles. The Bertz CT molecular complexity index is 1910. The standard InChI is InChI=1S/C78H152O17P2/c1-9-70(7)56-48-40-32-24-20-16-12-14-18-22-26-36-45-53-60-77(82)94-73(64-88-75(80)58-50-42-34-28-27-33-41-49-57-71(8)10-2)66-92-96(84,85)90-62-72(79)63-91-97(86,87)93-67-74(65-89-76(81)59-51-43-37-29-31-39-47-55-69(5)6)95-78(83)61-52-44-35-25-21-17-13-11-15-19-23-30-38-46-54-68(3)4/h68-74,79H,9-67H2,1-8H3,(H,84,85)(H,86,87)/t70?,71?,72?,73-,74-/m1/s1. The second kappa shape index (κ2) is 67.2. The van der Waals surface area contributed by atoms with Gasteiger partial charge in [0.25, 0.3) is 0 Å². The van der Waals surface area contributed by atoms with Crippen LogP contribution in [-0.4, -0.2) is 96.7 Å². The van der Waals surface area contributed by atoms with Crippen LogP contribution in [0.25, 0.3) is 0 Å². The van der Waals surface area contributed by atoms with Crippen molar-refractivity contribution in [2.24, 2.45) is 23.7 Å². The molecule has 17 nitrogen and oxygen atoms in total. The van der Waals surface area contributed by atoms with Gasteiger partial charge in [-0.25, -0.2) is 9.13 Å². The predicted octanol–water partition coefficient (Wildman–Crippen LogP) is 22.8. The number of ether oxygens (including phenoxy) is 4. The van der Waals surface area contributed by atoms with Crippen molar-refractivity contribution < 1.29 is 80.2 Å². The van der Waals surface area contributed by atoms with E-state index in [9.17, 15) is 43.2 Å². The van der Waals surface area contributed by atoms with E-state index in [1.165, 1.54) is 193 Å². The van der Waals surface area contributed by atoms with Crippen LogP contribution in [0.5, 0.6) is 0 Å². The van der Waals surface area contributed by atoms with Crippen LogP contribution in [0.4, 0.5) is 0 Å². The van der Waals surface area contributed by atoms with Gasteiger partial charge in [0, 0.05) is 25.7 Å². The maximum absolute atomic E-state index is 13.1. The first kappa shape index (κ1) is 95.1. The molecule has 0 bridgehead atoms. The summed E-state index contributed by atoms with van der Waals surface area (Å²) in [5.74, 6) is 1.00. The summed E-state index contributed by atoms with van der Waals surface area (Å²) in [6, 6.07) is 0. The lowest BCUT2D eigenvalue weighted by molar-refractivity contribution is -0.161. The number of hydrogen-bond acceptors (Lipinski definition) is 15. The van der Waals surface area contributed by atoms with Crippen molar-refractivity contribution in [1.29, 1.82) is 0 Å². The minimum absolute atomic E-state index is 0.106. The summed E-state index contributed by atoms with van der Waals surface area (Å²) in [7, 11) is -9.92. The van der Waals surface area contributed by atoms with Crippen LogP contribution in [0, 0.1) is 23.7 Å². The van der Waals surface area contributed by atoms with Gasteiger partial charge in [0.15, 0.2) is 12.2 Å². The fourth-order valence-electron chi connectivity index (χ4n) is 11.8. The molecule has 0 amide bonds. The van der Waals surface area contributed by atoms with Crippen molar-refractivity contribution in [2.45, 2.75) is 414 Å². The van der Waals surface area contributed by atoms with Gasteiger partial charge in [0.05, 0.1) is 26.4 Å². The van der Waals surface area contributed by atoms with Crippen molar-refractivity contribution in [2.75, 3.05) is 39.6 Å². The summed E-state index contributed by atoms with van der Waals surface area (Å²) < 4.78 is 68.6. The van der Waals surface area contributed by atoms with E-state index < -0.39 is 97.5 Å². The SMILES string of the molecule is CCC(C)CCCCCCCCCCCCCCCCC(=O)O[C@H](COC(=O)CCCCCCCCCCC(C)CC)COP(=O)(O)OCC(O)COP(=O)(O)OC[C@@H](COC(=O)CCCCCCCCCC(C)C)OC(=O)CCCCCCCCCCCCCCCCC(C)C. The van der Waals surface area contributed by atoms with Gasteiger partial charge < -0.3 is 33.8 Å². The summed E-state index contributed by atoms with van der Waals surface area (Å²) in [6.45, 7) is 14.2. The minimum Gasteiger partial charge on any atom is -0.462 e. The zero-order valence-electron chi connectivity index (χ0n) is 63.7. The fraction of sp³-hybridized carbons (Fsp3) is 0.949. The molecule has 0 aliphatic heterocycles. The lowest BCUT2D eigenvalue weighted by Crippen LogP contribution is -2.30. The lowest BCUT2D eigenvalue weighted by atomic mass is 9.99. The third kappa shape index (κ3) is 69.5. The van der Waals surface area contributed by atoms with E-state index >= 15 is 0 Å². The lowest BCUT2D eigenvalue weighted by Gasteiger charge is -2.21. The molecule has 0 saturated carbocycles.